The molecular weight excluding hydrogens is 308 g/mol. The molecule has 1 aromatic carbocycles. The van der Waals surface area contributed by atoms with Crippen LogP contribution in [0.25, 0.3) is 0 Å². The number of carboxylic acids is 1. The zero-order valence-corrected chi connectivity index (χ0v) is 13.9. The molecule has 1 saturated heterocycles. The van der Waals surface area contributed by atoms with E-state index >= 15 is 0 Å². The van der Waals surface area contributed by atoms with E-state index in [1.165, 1.54) is 5.56 Å². The van der Waals surface area contributed by atoms with Gasteiger partial charge in [-0.3, -0.25) is 4.79 Å². The summed E-state index contributed by atoms with van der Waals surface area (Å²) in [4.78, 5) is 24.2. The van der Waals surface area contributed by atoms with Crippen molar-refractivity contribution in [1.82, 2.24) is 10.2 Å². The fourth-order valence-corrected chi connectivity index (χ4v) is 2.76. The van der Waals surface area contributed by atoms with E-state index in [1.807, 2.05) is 18.2 Å². The number of aliphatic carboxylic acids is 1. The molecule has 0 atom stereocenters. The molecule has 1 aliphatic rings. The second-order valence-electron chi connectivity index (χ2n) is 6.02. The minimum absolute atomic E-state index is 0.0810. The van der Waals surface area contributed by atoms with Gasteiger partial charge in [-0.2, -0.15) is 0 Å². The molecule has 2 rings (SSSR count). The molecule has 0 unspecified atom stereocenters. The first-order chi connectivity index (χ1) is 11.6. The van der Waals surface area contributed by atoms with Gasteiger partial charge < -0.3 is 20.1 Å². The number of hydrogen-bond donors (Lipinski definition) is 2. The van der Waals surface area contributed by atoms with Gasteiger partial charge in [-0.1, -0.05) is 30.3 Å². The van der Waals surface area contributed by atoms with Crippen LogP contribution in [0.3, 0.4) is 0 Å². The van der Waals surface area contributed by atoms with Crippen LogP contribution in [-0.4, -0.2) is 54.4 Å². The lowest BCUT2D eigenvalue weighted by Gasteiger charge is -2.32. The van der Waals surface area contributed by atoms with E-state index in [2.05, 4.69) is 17.4 Å². The van der Waals surface area contributed by atoms with Gasteiger partial charge in [-0.05, 0) is 31.2 Å². The van der Waals surface area contributed by atoms with E-state index in [0.29, 0.717) is 32.7 Å². The Kier molecular flexibility index (Phi) is 7.55. The molecule has 132 valence electrons. The van der Waals surface area contributed by atoms with Gasteiger partial charge >= 0.3 is 12.0 Å². The molecule has 6 nitrogen and oxygen atoms in total. The summed E-state index contributed by atoms with van der Waals surface area (Å²) in [5, 5.41) is 11.3. The van der Waals surface area contributed by atoms with Crippen molar-refractivity contribution in [2.24, 2.45) is 0 Å². The minimum Gasteiger partial charge on any atom is -0.481 e. The Labute approximate surface area is 142 Å². The van der Waals surface area contributed by atoms with Crippen LogP contribution in [0, 0.1) is 0 Å². The number of carboxylic acid groups (broad SMARTS) is 1. The fourth-order valence-electron chi connectivity index (χ4n) is 2.76. The lowest BCUT2D eigenvalue weighted by molar-refractivity contribution is -0.137. The number of rotatable bonds is 8. The average molecular weight is 334 g/mol. The quantitative estimate of drug-likeness (QED) is 0.715. The van der Waals surface area contributed by atoms with Crippen LogP contribution in [0.5, 0.6) is 0 Å². The highest BCUT2D eigenvalue weighted by atomic mass is 16.5. The van der Waals surface area contributed by atoms with Crippen molar-refractivity contribution >= 4 is 12.0 Å². The van der Waals surface area contributed by atoms with Crippen LogP contribution in [0.15, 0.2) is 30.3 Å². The third-order valence-corrected chi connectivity index (χ3v) is 4.16. The fraction of sp³-hybridized carbons (Fsp3) is 0.556. The molecule has 1 heterocycles. The first-order valence-electron chi connectivity index (χ1n) is 8.55. The summed E-state index contributed by atoms with van der Waals surface area (Å²) in [7, 11) is 0. The van der Waals surface area contributed by atoms with Crippen molar-refractivity contribution in [2.75, 3.05) is 26.2 Å². The van der Waals surface area contributed by atoms with Crippen LogP contribution in [0.4, 0.5) is 4.79 Å². The number of urea groups is 1. The van der Waals surface area contributed by atoms with Crippen LogP contribution in [0.1, 0.15) is 31.2 Å². The van der Waals surface area contributed by atoms with Crippen molar-refractivity contribution in [3.63, 3.8) is 0 Å². The molecule has 2 N–H and O–H groups in total. The second-order valence-corrected chi connectivity index (χ2v) is 6.02. The lowest BCUT2D eigenvalue weighted by Crippen LogP contribution is -2.46. The molecule has 0 aromatic heterocycles. The summed E-state index contributed by atoms with van der Waals surface area (Å²) in [5.74, 6) is -0.835. The Bertz CT molecular complexity index is 513. The molecule has 0 aliphatic carbocycles. The number of carbonyl (C=O) groups excluding carboxylic acids is 1. The van der Waals surface area contributed by atoms with Crippen molar-refractivity contribution in [3.8, 4) is 0 Å². The normalized spacial score (nSPS) is 15.2. The lowest BCUT2D eigenvalue weighted by atomic mass is 10.1. The number of benzene rings is 1. The molecule has 0 spiro atoms. The number of carbonyl (C=O) groups is 2. The highest BCUT2D eigenvalue weighted by molar-refractivity contribution is 5.74. The van der Waals surface area contributed by atoms with E-state index in [0.717, 1.165) is 19.3 Å². The summed E-state index contributed by atoms with van der Waals surface area (Å²) >= 11 is 0. The van der Waals surface area contributed by atoms with Crippen molar-refractivity contribution in [1.29, 1.82) is 0 Å². The second kappa shape index (κ2) is 9.93. The largest absolute Gasteiger partial charge is 0.481 e. The predicted octanol–water partition coefficient (Wildman–Crippen LogP) is 2.28. The molecular formula is C18H26N2O4. The van der Waals surface area contributed by atoms with Crippen molar-refractivity contribution in [2.45, 2.75) is 38.2 Å². The van der Waals surface area contributed by atoms with Crippen LogP contribution in [-0.2, 0) is 16.0 Å². The van der Waals surface area contributed by atoms with Gasteiger partial charge in [-0.15, -0.1) is 0 Å². The van der Waals surface area contributed by atoms with Crippen molar-refractivity contribution < 1.29 is 19.4 Å². The van der Waals surface area contributed by atoms with E-state index in [9.17, 15) is 9.59 Å². The molecule has 0 bridgehead atoms. The minimum atomic E-state index is -0.835. The van der Waals surface area contributed by atoms with Crippen LogP contribution >= 0.6 is 0 Å². The highest BCUT2D eigenvalue weighted by Gasteiger charge is 2.22. The zero-order chi connectivity index (χ0) is 17.2. The first-order valence-corrected chi connectivity index (χ1v) is 8.55. The van der Waals surface area contributed by atoms with Gasteiger partial charge in [0.2, 0.25) is 0 Å². The molecule has 0 saturated carbocycles. The maximum Gasteiger partial charge on any atom is 0.317 e. The van der Waals surface area contributed by atoms with E-state index in [4.69, 9.17) is 9.84 Å². The number of ether oxygens (including phenoxy) is 1. The Morgan fingerprint density at radius 1 is 1.21 bits per heavy atom. The SMILES string of the molecule is O=C(O)CCCNC(=O)N1CCC(OCCc2ccccc2)CC1. The smallest absolute Gasteiger partial charge is 0.317 e. The number of likely N-dealkylation sites (tertiary alicyclic amines) is 1. The number of nitrogens with one attached hydrogen (secondary N) is 1. The molecule has 24 heavy (non-hydrogen) atoms. The van der Waals surface area contributed by atoms with Gasteiger partial charge in [0.1, 0.15) is 0 Å². The van der Waals surface area contributed by atoms with Crippen molar-refractivity contribution in [3.05, 3.63) is 35.9 Å². The topological polar surface area (TPSA) is 78.9 Å². The zero-order valence-electron chi connectivity index (χ0n) is 13.9. The standard InChI is InChI=1S/C18H26N2O4/c21-17(22)7-4-11-19-18(23)20-12-8-16(9-13-20)24-14-10-15-5-2-1-3-6-15/h1-3,5-6,16H,4,7-14H2,(H,19,23)(H,21,22). The third kappa shape index (κ3) is 6.58. The number of hydrogen-bond acceptors (Lipinski definition) is 3. The predicted molar refractivity (Wildman–Crippen MR) is 91.0 cm³/mol. The molecule has 0 radical (unpaired) electrons. The van der Waals surface area contributed by atoms with Gasteiger partial charge in [0.05, 0.1) is 12.7 Å². The number of amides is 2. The highest BCUT2D eigenvalue weighted by Crippen LogP contribution is 2.14. The first kappa shape index (κ1) is 18.3. The Morgan fingerprint density at radius 3 is 2.58 bits per heavy atom. The molecule has 2 amide bonds. The number of nitrogens with zero attached hydrogens (tertiary/aromatic N) is 1. The Hall–Kier alpha value is -2.08. The molecule has 1 aromatic rings. The molecule has 6 heteroatoms. The van der Waals surface area contributed by atoms with E-state index in [1.54, 1.807) is 4.90 Å². The monoisotopic (exact) mass is 334 g/mol. The number of piperidine rings is 1. The van der Waals surface area contributed by atoms with Gasteiger partial charge in [0.25, 0.3) is 0 Å². The van der Waals surface area contributed by atoms with E-state index in [-0.39, 0.29) is 18.6 Å². The summed E-state index contributed by atoms with van der Waals surface area (Å²) in [6, 6.07) is 10.2. The Balaban J connectivity index is 1.57. The maximum atomic E-state index is 12.0. The summed E-state index contributed by atoms with van der Waals surface area (Å²) in [5.41, 5.74) is 1.27. The Morgan fingerprint density at radius 2 is 1.92 bits per heavy atom. The molecule has 1 fully saturated rings. The van der Waals surface area contributed by atoms with Crippen LogP contribution < -0.4 is 5.32 Å². The van der Waals surface area contributed by atoms with Gasteiger partial charge in [0, 0.05) is 26.1 Å². The van der Waals surface area contributed by atoms with Gasteiger partial charge in [-0.25, -0.2) is 4.79 Å². The average Bonchev–Trinajstić information content (AvgIpc) is 2.60. The van der Waals surface area contributed by atoms with Gasteiger partial charge in [0.15, 0.2) is 0 Å². The summed E-state index contributed by atoms with van der Waals surface area (Å²) in [6.45, 7) is 2.47. The maximum absolute atomic E-state index is 12.0. The summed E-state index contributed by atoms with van der Waals surface area (Å²) < 4.78 is 5.92. The third-order valence-electron chi connectivity index (χ3n) is 4.16. The molecule has 1 aliphatic heterocycles. The van der Waals surface area contributed by atoms with Crippen LogP contribution in [0.2, 0.25) is 0 Å². The van der Waals surface area contributed by atoms with E-state index < -0.39 is 5.97 Å². The summed E-state index contributed by atoms with van der Waals surface area (Å²) in [6.07, 6.45) is 3.35.